The number of hydrogen-bond donors (Lipinski definition) is 1. The molecule has 1 saturated heterocycles. The molecule has 1 fully saturated rings. The van der Waals surface area contributed by atoms with E-state index in [4.69, 9.17) is 0 Å². The van der Waals surface area contributed by atoms with Crippen molar-refractivity contribution in [2.24, 2.45) is 0 Å². The lowest BCUT2D eigenvalue weighted by molar-refractivity contribution is -0.926. The number of likely N-dealkylation sites (tertiary alicyclic amines) is 1. The van der Waals surface area contributed by atoms with Crippen LogP contribution in [-0.4, -0.2) is 47.0 Å². The third-order valence-electron chi connectivity index (χ3n) is 3.99. The van der Waals surface area contributed by atoms with Gasteiger partial charge in [-0.3, -0.25) is 20.2 Å². The second kappa shape index (κ2) is 3.98. The molecule has 0 saturated carbocycles. The summed E-state index contributed by atoms with van der Waals surface area (Å²) in [5.74, 6) is -1.62. The van der Waals surface area contributed by atoms with Crippen LogP contribution in [0.4, 0.5) is 0 Å². The Bertz CT molecular complexity index is 503. The van der Waals surface area contributed by atoms with Gasteiger partial charge >= 0.3 is 5.54 Å². The first-order valence-corrected chi connectivity index (χ1v) is 5.76. The van der Waals surface area contributed by atoms with E-state index in [2.05, 4.69) is 0 Å². The molecule has 3 unspecified atom stereocenters. The molecule has 9 heteroatoms. The first-order chi connectivity index (χ1) is 8.73. The van der Waals surface area contributed by atoms with E-state index in [1.165, 1.54) is 0 Å². The number of carbonyl (C=O) groups excluding carboxylic acids is 1. The number of rotatable bonds is 3. The van der Waals surface area contributed by atoms with Gasteiger partial charge in [-0.1, -0.05) is 6.08 Å². The fourth-order valence-corrected chi connectivity index (χ4v) is 3.31. The Balaban J connectivity index is 2.60. The molecule has 9 nitrogen and oxygen atoms in total. The van der Waals surface area contributed by atoms with Crippen molar-refractivity contribution in [3.63, 3.8) is 0 Å². The molecular formula is C10H13N3O6. The smallest absolute Gasteiger partial charge is 0.303 e. The Labute approximate surface area is 107 Å². The van der Waals surface area contributed by atoms with Crippen LogP contribution in [-0.2, 0) is 4.79 Å². The van der Waals surface area contributed by atoms with Gasteiger partial charge in [0.15, 0.2) is 6.54 Å². The molecule has 2 bridgehead atoms. The molecule has 2 rings (SSSR count). The first-order valence-electron chi connectivity index (χ1n) is 5.76. The summed E-state index contributed by atoms with van der Waals surface area (Å²) in [5.41, 5.74) is -3.82. The number of nitrogens with zero attached hydrogens (tertiary/aromatic N) is 2. The van der Waals surface area contributed by atoms with Gasteiger partial charge < -0.3 is 14.8 Å². The van der Waals surface area contributed by atoms with E-state index in [1.807, 2.05) is 0 Å². The van der Waals surface area contributed by atoms with Crippen LogP contribution in [0.2, 0.25) is 0 Å². The minimum absolute atomic E-state index is 0.0879. The van der Waals surface area contributed by atoms with Gasteiger partial charge in [0.1, 0.15) is 13.0 Å². The quantitative estimate of drug-likeness (QED) is 0.430. The first kappa shape index (κ1) is 13.4. The third kappa shape index (κ3) is 1.77. The molecule has 2 aliphatic rings. The van der Waals surface area contributed by atoms with Crippen LogP contribution in [0.5, 0.6) is 0 Å². The van der Waals surface area contributed by atoms with Crippen LogP contribution in [0, 0.1) is 20.2 Å². The summed E-state index contributed by atoms with van der Waals surface area (Å²) in [7, 11) is 1.59. The normalized spacial score (nSPS) is 37.3. The van der Waals surface area contributed by atoms with Crippen LogP contribution in [0.15, 0.2) is 11.6 Å². The van der Waals surface area contributed by atoms with Crippen LogP contribution in [0.1, 0.15) is 12.8 Å². The lowest BCUT2D eigenvalue weighted by atomic mass is 9.68. The van der Waals surface area contributed by atoms with Crippen LogP contribution in [0.3, 0.4) is 0 Å². The number of piperidine rings is 1. The highest BCUT2D eigenvalue weighted by molar-refractivity contribution is 5.87. The van der Waals surface area contributed by atoms with Crippen molar-refractivity contribution >= 4 is 5.97 Å². The molecule has 3 atom stereocenters. The highest BCUT2D eigenvalue weighted by atomic mass is 16.6. The summed E-state index contributed by atoms with van der Waals surface area (Å²) in [6, 6.07) is 0. The fraction of sp³-hybridized carbons (Fsp3) is 0.700. The summed E-state index contributed by atoms with van der Waals surface area (Å²) in [4.78, 5) is 33.0. The molecule has 1 heterocycles. The molecule has 0 radical (unpaired) electrons. The zero-order valence-electron chi connectivity index (χ0n) is 10.2. The topological polar surface area (TPSA) is 131 Å². The van der Waals surface area contributed by atoms with Crippen molar-refractivity contribution < 1.29 is 24.6 Å². The van der Waals surface area contributed by atoms with Crippen molar-refractivity contribution in [1.29, 1.82) is 0 Å². The third-order valence-corrected chi connectivity index (χ3v) is 3.99. The summed E-state index contributed by atoms with van der Waals surface area (Å²) in [6.45, 7) is 0.0574. The number of aliphatic carboxylic acids is 1. The number of carbonyl (C=O) groups is 1. The minimum Gasteiger partial charge on any atom is -0.545 e. The monoisotopic (exact) mass is 271 g/mol. The summed E-state index contributed by atoms with van der Waals surface area (Å²) < 4.78 is 0. The van der Waals surface area contributed by atoms with Gasteiger partial charge in [0.2, 0.25) is 0 Å². The van der Waals surface area contributed by atoms with Crippen LogP contribution in [0.25, 0.3) is 0 Å². The lowest BCUT2D eigenvalue weighted by Crippen LogP contribution is -3.16. The standard InChI is InChI=1S/C10H13N3O6/c1-11-5-9(12(16)17)3-2-7(8(14)15)10(4-9,6-11)13(18)19/h2H,3-6H2,1H3,(H,14,15). The fourth-order valence-electron chi connectivity index (χ4n) is 3.31. The van der Waals surface area contributed by atoms with Gasteiger partial charge in [-0.2, -0.15) is 0 Å². The van der Waals surface area contributed by atoms with Gasteiger partial charge in [0.25, 0.3) is 5.54 Å². The Morgan fingerprint density at radius 3 is 2.42 bits per heavy atom. The van der Waals surface area contributed by atoms with E-state index < -0.39 is 38.9 Å². The van der Waals surface area contributed by atoms with Crippen molar-refractivity contribution in [3.8, 4) is 0 Å². The van der Waals surface area contributed by atoms with E-state index in [9.17, 15) is 30.1 Å². The minimum atomic E-state index is -1.92. The molecule has 104 valence electrons. The lowest BCUT2D eigenvalue weighted by Gasteiger charge is -2.42. The molecule has 1 aliphatic carbocycles. The van der Waals surface area contributed by atoms with Crippen LogP contribution < -0.4 is 10.0 Å². The van der Waals surface area contributed by atoms with Crippen molar-refractivity contribution in [2.75, 3.05) is 20.1 Å². The van der Waals surface area contributed by atoms with Crippen molar-refractivity contribution in [2.45, 2.75) is 23.9 Å². The molecular weight excluding hydrogens is 258 g/mol. The number of fused-ring (bicyclic) bond motifs is 2. The number of quaternary nitrogens is 1. The zero-order valence-corrected chi connectivity index (χ0v) is 10.2. The van der Waals surface area contributed by atoms with Gasteiger partial charge in [0.05, 0.1) is 18.6 Å². The summed E-state index contributed by atoms with van der Waals surface area (Å²) in [6.07, 6.45) is 0.588. The summed E-state index contributed by atoms with van der Waals surface area (Å²) >= 11 is 0. The Morgan fingerprint density at radius 1 is 1.32 bits per heavy atom. The molecule has 19 heavy (non-hydrogen) atoms. The Hall–Kier alpha value is -2.03. The molecule has 1 aliphatic heterocycles. The second-order valence-electron chi connectivity index (χ2n) is 5.37. The molecule has 0 aromatic rings. The maximum atomic E-state index is 11.3. The number of likely N-dealkylation sites (N-methyl/N-ethyl adjacent to an activating group) is 1. The predicted molar refractivity (Wildman–Crippen MR) is 58.4 cm³/mol. The van der Waals surface area contributed by atoms with E-state index in [0.717, 1.165) is 6.08 Å². The second-order valence-corrected chi connectivity index (χ2v) is 5.37. The largest absolute Gasteiger partial charge is 0.545 e. The SMILES string of the molecule is C[NH+]1CC2([N+](=O)[O-])CC=C(C(=O)[O-])C([N+](=O)[O-])(C1)C2. The number of carboxylic acid groups (broad SMARTS) is 1. The number of nitro groups is 2. The molecule has 0 aromatic carbocycles. The van der Waals surface area contributed by atoms with E-state index in [1.54, 1.807) is 7.05 Å². The maximum Gasteiger partial charge on any atom is 0.303 e. The van der Waals surface area contributed by atoms with E-state index in [-0.39, 0.29) is 19.5 Å². The average Bonchev–Trinajstić information content (AvgIpc) is 2.27. The summed E-state index contributed by atoms with van der Waals surface area (Å²) in [5, 5.41) is 33.7. The van der Waals surface area contributed by atoms with Gasteiger partial charge in [-0.05, 0) is 0 Å². The molecule has 0 spiro atoms. The van der Waals surface area contributed by atoms with Gasteiger partial charge in [-0.25, -0.2) is 0 Å². The maximum absolute atomic E-state index is 11.3. The van der Waals surface area contributed by atoms with E-state index in [0.29, 0.717) is 4.90 Å². The van der Waals surface area contributed by atoms with E-state index >= 15 is 0 Å². The number of hydrogen-bond acceptors (Lipinski definition) is 6. The predicted octanol–water partition coefficient (Wildman–Crippen LogP) is -2.98. The molecule has 0 amide bonds. The van der Waals surface area contributed by atoms with Gasteiger partial charge in [0, 0.05) is 16.3 Å². The van der Waals surface area contributed by atoms with Gasteiger partial charge in [-0.15, -0.1) is 0 Å². The molecule has 1 N–H and O–H groups in total. The highest BCUT2D eigenvalue weighted by Gasteiger charge is 2.67. The van der Waals surface area contributed by atoms with Crippen molar-refractivity contribution in [3.05, 3.63) is 31.9 Å². The Morgan fingerprint density at radius 2 is 1.95 bits per heavy atom. The average molecular weight is 271 g/mol. The van der Waals surface area contributed by atoms with Crippen LogP contribution >= 0.6 is 0 Å². The number of carboxylic acids is 1. The Kier molecular flexibility index (Phi) is 2.81. The zero-order chi connectivity index (χ0) is 14.4. The van der Waals surface area contributed by atoms with Crippen molar-refractivity contribution in [1.82, 2.24) is 0 Å². The molecule has 0 aromatic heterocycles. The highest BCUT2D eigenvalue weighted by Crippen LogP contribution is 2.40. The number of nitrogens with one attached hydrogen (secondary N) is 1.